The molecule has 4 heteroatoms. The summed E-state index contributed by atoms with van der Waals surface area (Å²) in [7, 11) is 1.35. The molecule has 0 aliphatic rings. The van der Waals surface area contributed by atoms with E-state index in [0.29, 0.717) is 5.75 Å². The van der Waals surface area contributed by atoms with Crippen LogP contribution in [0.1, 0.15) is 25.3 Å². The van der Waals surface area contributed by atoms with Gasteiger partial charge in [0.25, 0.3) is 0 Å². The number of carbonyl (C=O) groups excluding carboxylic acids is 2. The Labute approximate surface area is 94.2 Å². The van der Waals surface area contributed by atoms with Crippen LogP contribution >= 0.6 is 0 Å². The Hall–Kier alpha value is -1.84. The largest absolute Gasteiger partial charge is 0.469 e. The topological polar surface area (TPSA) is 52.6 Å². The molecule has 0 saturated heterocycles. The number of rotatable bonds is 3. The van der Waals surface area contributed by atoms with Gasteiger partial charge in [-0.05, 0) is 24.6 Å². The van der Waals surface area contributed by atoms with Gasteiger partial charge in [0.15, 0.2) is 0 Å². The van der Waals surface area contributed by atoms with Crippen LogP contribution in [0.15, 0.2) is 24.3 Å². The summed E-state index contributed by atoms with van der Waals surface area (Å²) in [5.74, 6) is -0.515. The highest BCUT2D eigenvalue weighted by molar-refractivity contribution is 5.77. The molecule has 0 aromatic heterocycles. The van der Waals surface area contributed by atoms with Crippen molar-refractivity contribution < 1.29 is 19.1 Å². The van der Waals surface area contributed by atoms with E-state index in [1.54, 1.807) is 31.2 Å². The summed E-state index contributed by atoms with van der Waals surface area (Å²) in [6.45, 7) is 3.09. The fourth-order valence-corrected chi connectivity index (χ4v) is 1.30. The van der Waals surface area contributed by atoms with E-state index >= 15 is 0 Å². The average Bonchev–Trinajstić information content (AvgIpc) is 2.27. The lowest BCUT2D eigenvalue weighted by Gasteiger charge is -2.09. The molecule has 0 bridgehead atoms. The first-order valence-corrected chi connectivity index (χ1v) is 4.90. The molecule has 0 N–H and O–H groups in total. The Balaban J connectivity index is 2.78. The first-order valence-electron chi connectivity index (χ1n) is 4.90. The molecule has 1 atom stereocenters. The standard InChI is InChI=1S/C12H14O4/c1-8(12(14)15-3)10-4-6-11(7-5-10)16-9(2)13/h4-8H,1-3H3. The zero-order chi connectivity index (χ0) is 12.1. The van der Waals surface area contributed by atoms with Crippen molar-refractivity contribution in [2.45, 2.75) is 19.8 Å². The predicted molar refractivity (Wildman–Crippen MR) is 58.2 cm³/mol. The molecule has 0 amide bonds. The van der Waals surface area contributed by atoms with Crippen LogP contribution in [0.25, 0.3) is 0 Å². The molecule has 0 heterocycles. The van der Waals surface area contributed by atoms with Crippen molar-refractivity contribution in [3.8, 4) is 5.75 Å². The Bertz CT molecular complexity index is 381. The zero-order valence-corrected chi connectivity index (χ0v) is 9.52. The van der Waals surface area contributed by atoms with Crippen LogP contribution in [0.2, 0.25) is 0 Å². The van der Waals surface area contributed by atoms with Crippen LogP contribution in [-0.2, 0) is 14.3 Å². The van der Waals surface area contributed by atoms with Crippen LogP contribution in [0.5, 0.6) is 5.75 Å². The summed E-state index contributed by atoms with van der Waals surface area (Å²) in [5.41, 5.74) is 0.822. The second-order valence-corrected chi connectivity index (χ2v) is 3.41. The number of carbonyl (C=O) groups is 2. The van der Waals surface area contributed by atoms with Crippen LogP contribution in [0.3, 0.4) is 0 Å². The Kier molecular flexibility index (Phi) is 4.05. The summed E-state index contributed by atoms with van der Waals surface area (Å²) in [5, 5.41) is 0. The number of hydrogen-bond acceptors (Lipinski definition) is 4. The SMILES string of the molecule is COC(=O)C(C)c1ccc(OC(C)=O)cc1. The van der Waals surface area contributed by atoms with Crippen molar-refractivity contribution in [3.63, 3.8) is 0 Å². The third-order valence-electron chi connectivity index (χ3n) is 2.20. The lowest BCUT2D eigenvalue weighted by molar-refractivity contribution is -0.142. The molecule has 0 aliphatic heterocycles. The van der Waals surface area contributed by atoms with Gasteiger partial charge in [-0.1, -0.05) is 12.1 Å². The van der Waals surface area contributed by atoms with Crippen molar-refractivity contribution in [1.29, 1.82) is 0 Å². The summed E-state index contributed by atoms with van der Waals surface area (Å²) < 4.78 is 9.52. The summed E-state index contributed by atoms with van der Waals surface area (Å²) in [4.78, 5) is 22.0. The normalized spacial score (nSPS) is 11.7. The van der Waals surface area contributed by atoms with Gasteiger partial charge in [-0.3, -0.25) is 9.59 Å². The van der Waals surface area contributed by atoms with E-state index in [-0.39, 0.29) is 17.9 Å². The smallest absolute Gasteiger partial charge is 0.312 e. The molecule has 0 radical (unpaired) electrons. The third kappa shape index (κ3) is 3.08. The van der Waals surface area contributed by atoms with E-state index in [0.717, 1.165) is 5.56 Å². The van der Waals surface area contributed by atoms with Crippen molar-refractivity contribution in [3.05, 3.63) is 29.8 Å². The molecule has 0 fully saturated rings. The van der Waals surface area contributed by atoms with Crippen molar-refractivity contribution >= 4 is 11.9 Å². The number of methoxy groups -OCH3 is 1. The minimum atomic E-state index is -0.367. The monoisotopic (exact) mass is 222 g/mol. The molecule has 86 valence electrons. The van der Waals surface area contributed by atoms with Gasteiger partial charge in [-0.2, -0.15) is 0 Å². The molecule has 1 rings (SSSR count). The molecular formula is C12H14O4. The molecule has 16 heavy (non-hydrogen) atoms. The van der Waals surface area contributed by atoms with Crippen molar-refractivity contribution in [2.75, 3.05) is 7.11 Å². The van der Waals surface area contributed by atoms with Crippen molar-refractivity contribution in [1.82, 2.24) is 0 Å². The zero-order valence-electron chi connectivity index (χ0n) is 9.52. The van der Waals surface area contributed by atoms with Gasteiger partial charge in [0.2, 0.25) is 0 Å². The second-order valence-electron chi connectivity index (χ2n) is 3.41. The van der Waals surface area contributed by atoms with E-state index in [1.807, 2.05) is 0 Å². The summed E-state index contributed by atoms with van der Waals surface area (Å²) in [6.07, 6.45) is 0. The van der Waals surface area contributed by atoms with Gasteiger partial charge >= 0.3 is 11.9 Å². The highest BCUT2D eigenvalue weighted by Gasteiger charge is 2.15. The van der Waals surface area contributed by atoms with Gasteiger partial charge in [-0.25, -0.2) is 0 Å². The number of esters is 2. The van der Waals surface area contributed by atoms with E-state index in [2.05, 4.69) is 4.74 Å². The van der Waals surface area contributed by atoms with Crippen LogP contribution in [0, 0.1) is 0 Å². The Morgan fingerprint density at radius 3 is 2.19 bits per heavy atom. The van der Waals surface area contributed by atoms with Crippen LogP contribution in [-0.4, -0.2) is 19.0 Å². The number of hydrogen-bond donors (Lipinski definition) is 0. The molecular weight excluding hydrogens is 208 g/mol. The molecule has 0 spiro atoms. The summed E-state index contributed by atoms with van der Waals surface area (Å²) >= 11 is 0. The van der Waals surface area contributed by atoms with Gasteiger partial charge in [0.05, 0.1) is 13.0 Å². The molecule has 1 aromatic carbocycles. The molecule has 1 aromatic rings. The molecule has 4 nitrogen and oxygen atoms in total. The van der Waals surface area contributed by atoms with E-state index in [9.17, 15) is 9.59 Å². The van der Waals surface area contributed by atoms with Gasteiger partial charge < -0.3 is 9.47 Å². The first kappa shape index (κ1) is 12.2. The highest BCUT2D eigenvalue weighted by Crippen LogP contribution is 2.20. The lowest BCUT2D eigenvalue weighted by atomic mass is 10.0. The van der Waals surface area contributed by atoms with E-state index < -0.39 is 0 Å². The summed E-state index contributed by atoms with van der Waals surface area (Å²) in [6, 6.07) is 6.77. The Morgan fingerprint density at radius 2 is 1.75 bits per heavy atom. The maximum atomic E-state index is 11.3. The molecule has 1 unspecified atom stereocenters. The number of benzene rings is 1. The van der Waals surface area contributed by atoms with Crippen molar-refractivity contribution in [2.24, 2.45) is 0 Å². The first-order chi connectivity index (χ1) is 7.54. The maximum Gasteiger partial charge on any atom is 0.312 e. The minimum absolute atomic E-state index is 0.291. The minimum Gasteiger partial charge on any atom is -0.469 e. The predicted octanol–water partition coefficient (Wildman–Crippen LogP) is 1.89. The van der Waals surface area contributed by atoms with Crippen LogP contribution < -0.4 is 4.74 Å². The maximum absolute atomic E-state index is 11.3. The lowest BCUT2D eigenvalue weighted by Crippen LogP contribution is -2.10. The van der Waals surface area contributed by atoms with Gasteiger partial charge in [0, 0.05) is 6.92 Å². The second kappa shape index (κ2) is 5.30. The number of ether oxygens (including phenoxy) is 2. The van der Waals surface area contributed by atoms with Gasteiger partial charge in [0.1, 0.15) is 5.75 Å². The Morgan fingerprint density at radius 1 is 1.19 bits per heavy atom. The fraction of sp³-hybridized carbons (Fsp3) is 0.333. The van der Waals surface area contributed by atoms with Gasteiger partial charge in [-0.15, -0.1) is 0 Å². The third-order valence-corrected chi connectivity index (χ3v) is 2.20. The average molecular weight is 222 g/mol. The fourth-order valence-electron chi connectivity index (χ4n) is 1.30. The molecule has 0 aliphatic carbocycles. The van der Waals surface area contributed by atoms with E-state index in [4.69, 9.17) is 4.74 Å². The highest BCUT2D eigenvalue weighted by atomic mass is 16.5. The van der Waals surface area contributed by atoms with Crippen LogP contribution in [0.4, 0.5) is 0 Å². The molecule has 0 saturated carbocycles. The quantitative estimate of drug-likeness (QED) is 0.579. The van der Waals surface area contributed by atoms with E-state index in [1.165, 1.54) is 14.0 Å².